The summed E-state index contributed by atoms with van der Waals surface area (Å²) in [5.74, 6) is 0.990. The molecule has 2 aromatic rings. The molecule has 0 fully saturated rings. The molecule has 116 valence electrons. The van der Waals surface area contributed by atoms with E-state index in [0.29, 0.717) is 6.61 Å². The third-order valence-electron chi connectivity index (χ3n) is 3.76. The third-order valence-corrected chi connectivity index (χ3v) is 3.76. The van der Waals surface area contributed by atoms with Crippen LogP contribution in [0.2, 0.25) is 0 Å². The van der Waals surface area contributed by atoms with Crippen LogP contribution in [0.1, 0.15) is 50.4 Å². The topological polar surface area (TPSA) is 34.4 Å². The van der Waals surface area contributed by atoms with Gasteiger partial charge < -0.3 is 14.5 Å². The minimum Gasteiger partial charge on any atom is -0.459 e. The van der Waals surface area contributed by atoms with Crippen LogP contribution in [0.3, 0.4) is 0 Å². The van der Waals surface area contributed by atoms with Crippen molar-refractivity contribution in [2.75, 3.05) is 13.7 Å². The Morgan fingerprint density at radius 3 is 2.71 bits per heavy atom. The van der Waals surface area contributed by atoms with Gasteiger partial charge in [0.1, 0.15) is 11.3 Å². The fourth-order valence-electron chi connectivity index (χ4n) is 2.59. The van der Waals surface area contributed by atoms with Crippen molar-refractivity contribution in [3.8, 4) is 0 Å². The van der Waals surface area contributed by atoms with Gasteiger partial charge in [-0.2, -0.15) is 0 Å². The van der Waals surface area contributed by atoms with E-state index < -0.39 is 0 Å². The van der Waals surface area contributed by atoms with Crippen LogP contribution in [0, 0.1) is 0 Å². The van der Waals surface area contributed by atoms with Crippen molar-refractivity contribution in [3.63, 3.8) is 0 Å². The van der Waals surface area contributed by atoms with Crippen LogP contribution in [0.4, 0.5) is 0 Å². The second-order valence-electron chi connectivity index (χ2n) is 5.50. The Morgan fingerprint density at radius 1 is 1.10 bits per heavy atom. The summed E-state index contributed by atoms with van der Waals surface area (Å²) < 4.78 is 11.8. The van der Waals surface area contributed by atoms with Gasteiger partial charge in [-0.1, -0.05) is 50.8 Å². The predicted octanol–water partition coefficient (Wildman–Crippen LogP) is 4.64. The summed E-state index contributed by atoms with van der Waals surface area (Å²) >= 11 is 0. The van der Waals surface area contributed by atoms with Crippen LogP contribution >= 0.6 is 0 Å². The molecule has 0 aliphatic heterocycles. The van der Waals surface area contributed by atoms with Crippen molar-refractivity contribution in [3.05, 3.63) is 35.6 Å². The monoisotopic (exact) mass is 289 g/mol. The van der Waals surface area contributed by atoms with Gasteiger partial charge in [0.25, 0.3) is 0 Å². The Labute approximate surface area is 127 Å². The lowest BCUT2D eigenvalue weighted by molar-refractivity contribution is 0.116. The SMILES string of the molecule is CCCCCCCOCc1c(CNC)oc2ccccc12. The molecule has 1 heterocycles. The molecule has 3 heteroatoms. The second-order valence-corrected chi connectivity index (χ2v) is 5.50. The van der Waals surface area contributed by atoms with Gasteiger partial charge >= 0.3 is 0 Å². The summed E-state index contributed by atoms with van der Waals surface area (Å²) in [6, 6.07) is 8.18. The molecule has 0 bridgehead atoms. The van der Waals surface area contributed by atoms with Gasteiger partial charge in [-0.05, 0) is 19.5 Å². The molecule has 3 nitrogen and oxygen atoms in total. The molecule has 2 rings (SSSR count). The average molecular weight is 289 g/mol. The van der Waals surface area contributed by atoms with Gasteiger partial charge in [0.05, 0.1) is 13.2 Å². The summed E-state index contributed by atoms with van der Waals surface area (Å²) in [7, 11) is 1.94. The van der Waals surface area contributed by atoms with E-state index in [1.807, 2.05) is 19.2 Å². The van der Waals surface area contributed by atoms with E-state index in [2.05, 4.69) is 24.4 Å². The van der Waals surface area contributed by atoms with E-state index in [-0.39, 0.29) is 0 Å². The first-order valence-electron chi connectivity index (χ1n) is 8.08. The van der Waals surface area contributed by atoms with Gasteiger partial charge in [0.15, 0.2) is 0 Å². The number of ether oxygens (including phenoxy) is 1. The quantitative estimate of drug-likeness (QED) is 0.647. The zero-order chi connectivity index (χ0) is 14.9. The maximum absolute atomic E-state index is 5.91. The summed E-state index contributed by atoms with van der Waals surface area (Å²) in [5, 5.41) is 4.34. The Morgan fingerprint density at radius 2 is 1.90 bits per heavy atom. The molecule has 0 saturated heterocycles. The molecule has 0 aliphatic rings. The standard InChI is InChI=1S/C18H27NO2/c1-3-4-5-6-9-12-20-14-16-15-10-7-8-11-17(15)21-18(16)13-19-2/h7-8,10-11,19H,3-6,9,12-14H2,1-2H3. The lowest BCUT2D eigenvalue weighted by Gasteiger charge is -2.05. The zero-order valence-electron chi connectivity index (χ0n) is 13.3. The number of benzene rings is 1. The number of para-hydroxylation sites is 1. The summed E-state index contributed by atoms with van der Waals surface area (Å²) in [4.78, 5) is 0. The normalized spacial score (nSPS) is 11.3. The Bertz CT molecular complexity index is 533. The van der Waals surface area contributed by atoms with Crippen LogP contribution in [0.15, 0.2) is 28.7 Å². The van der Waals surface area contributed by atoms with Gasteiger partial charge in [0, 0.05) is 17.6 Å². The molecule has 1 aromatic heterocycles. The fourth-order valence-corrected chi connectivity index (χ4v) is 2.59. The first-order chi connectivity index (χ1) is 10.4. The van der Waals surface area contributed by atoms with Crippen LogP contribution in [-0.4, -0.2) is 13.7 Å². The minimum atomic E-state index is 0.641. The Balaban J connectivity index is 1.89. The van der Waals surface area contributed by atoms with Gasteiger partial charge in [-0.15, -0.1) is 0 Å². The highest BCUT2D eigenvalue weighted by Gasteiger charge is 2.13. The van der Waals surface area contributed by atoms with Crippen molar-refractivity contribution in [1.29, 1.82) is 0 Å². The molecule has 1 aromatic carbocycles. The zero-order valence-corrected chi connectivity index (χ0v) is 13.3. The Kier molecular flexibility index (Phi) is 6.77. The van der Waals surface area contributed by atoms with E-state index >= 15 is 0 Å². The Hall–Kier alpha value is -1.32. The third kappa shape index (κ3) is 4.58. The van der Waals surface area contributed by atoms with Crippen LogP contribution in [-0.2, 0) is 17.9 Å². The fraction of sp³-hybridized carbons (Fsp3) is 0.556. The molecule has 0 atom stereocenters. The number of unbranched alkanes of at least 4 members (excludes halogenated alkanes) is 4. The number of nitrogens with one attached hydrogen (secondary N) is 1. The van der Waals surface area contributed by atoms with Gasteiger partial charge in [-0.25, -0.2) is 0 Å². The maximum Gasteiger partial charge on any atom is 0.134 e. The van der Waals surface area contributed by atoms with E-state index in [0.717, 1.165) is 30.9 Å². The van der Waals surface area contributed by atoms with Crippen LogP contribution in [0.25, 0.3) is 11.0 Å². The molecule has 21 heavy (non-hydrogen) atoms. The smallest absolute Gasteiger partial charge is 0.134 e. The van der Waals surface area contributed by atoms with Crippen molar-refractivity contribution >= 4 is 11.0 Å². The van der Waals surface area contributed by atoms with Crippen LogP contribution < -0.4 is 5.32 Å². The number of furan rings is 1. The molecule has 1 N–H and O–H groups in total. The van der Waals surface area contributed by atoms with E-state index in [4.69, 9.17) is 9.15 Å². The van der Waals surface area contributed by atoms with Crippen molar-refractivity contribution < 1.29 is 9.15 Å². The average Bonchev–Trinajstić information content (AvgIpc) is 2.84. The lowest BCUT2D eigenvalue weighted by atomic mass is 10.1. The molecular weight excluding hydrogens is 262 g/mol. The molecule has 0 radical (unpaired) electrons. The molecule has 0 aliphatic carbocycles. The predicted molar refractivity (Wildman–Crippen MR) is 87.4 cm³/mol. The lowest BCUT2D eigenvalue weighted by Crippen LogP contribution is -2.07. The minimum absolute atomic E-state index is 0.641. The highest BCUT2D eigenvalue weighted by atomic mass is 16.5. The number of rotatable bonds is 10. The summed E-state index contributed by atoms with van der Waals surface area (Å²) in [6.45, 7) is 4.46. The second kappa shape index (κ2) is 8.85. The summed E-state index contributed by atoms with van der Waals surface area (Å²) in [5.41, 5.74) is 2.14. The molecule has 0 amide bonds. The summed E-state index contributed by atoms with van der Waals surface area (Å²) in [6.07, 6.45) is 6.36. The molecular formula is C18H27NO2. The molecule has 0 spiro atoms. The number of hydrogen-bond acceptors (Lipinski definition) is 3. The van der Waals surface area contributed by atoms with Gasteiger partial charge in [0.2, 0.25) is 0 Å². The van der Waals surface area contributed by atoms with Crippen molar-refractivity contribution in [2.45, 2.75) is 52.2 Å². The highest BCUT2D eigenvalue weighted by Crippen LogP contribution is 2.26. The van der Waals surface area contributed by atoms with E-state index in [1.165, 1.54) is 36.6 Å². The van der Waals surface area contributed by atoms with Crippen molar-refractivity contribution in [1.82, 2.24) is 5.32 Å². The van der Waals surface area contributed by atoms with E-state index in [9.17, 15) is 0 Å². The highest BCUT2D eigenvalue weighted by molar-refractivity contribution is 5.82. The van der Waals surface area contributed by atoms with Crippen molar-refractivity contribution in [2.24, 2.45) is 0 Å². The maximum atomic E-state index is 5.91. The first kappa shape index (κ1) is 16.1. The van der Waals surface area contributed by atoms with E-state index in [1.54, 1.807) is 0 Å². The van der Waals surface area contributed by atoms with Gasteiger partial charge in [-0.3, -0.25) is 0 Å². The number of fused-ring (bicyclic) bond motifs is 1. The first-order valence-corrected chi connectivity index (χ1v) is 8.08. The largest absolute Gasteiger partial charge is 0.459 e. The van der Waals surface area contributed by atoms with Crippen LogP contribution in [0.5, 0.6) is 0 Å². The molecule has 0 saturated carbocycles. The number of hydrogen-bond donors (Lipinski definition) is 1. The molecule has 0 unspecified atom stereocenters.